The molecule has 0 unspecified atom stereocenters. The molecule has 0 saturated heterocycles. The van der Waals surface area contributed by atoms with E-state index in [2.05, 4.69) is 11.1 Å². The Labute approximate surface area is 101 Å². The average molecular weight is 228 g/mol. The smallest absolute Gasteiger partial charge is 0.231 e. The van der Waals surface area contributed by atoms with Gasteiger partial charge in [0.25, 0.3) is 0 Å². The lowest BCUT2D eigenvalue weighted by molar-refractivity contribution is 0.286. The molecule has 0 aliphatic heterocycles. The normalized spacial score (nSPS) is 18.3. The van der Waals surface area contributed by atoms with Crippen LogP contribution in [0.1, 0.15) is 42.5 Å². The van der Waals surface area contributed by atoms with E-state index in [-0.39, 0.29) is 0 Å². The lowest BCUT2D eigenvalue weighted by Crippen LogP contribution is -2.10. The number of aromatic nitrogens is 1. The van der Waals surface area contributed by atoms with E-state index in [4.69, 9.17) is 10.00 Å². The number of hydrogen-bond acceptors (Lipinski definition) is 3. The molecular weight excluding hydrogens is 212 g/mol. The first kappa shape index (κ1) is 10.6. The summed E-state index contributed by atoms with van der Waals surface area (Å²) < 4.78 is 5.68. The van der Waals surface area contributed by atoms with Crippen LogP contribution in [-0.4, -0.2) is 11.6 Å². The summed E-state index contributed by atoms with van der Waals surface area (Å²) in [5.41, 5.74) is 2.99. The fourth-order valence-corrected chi connectivity index (χ4v) is 2.29. The van der Waals surface area contributed by atoms with Gasteiger partial charge >= 0.3 is 0 Å². The van der Waals surface area contributed by atoms with Gasteiger partial charge in [0.15, 0.2) is 0 Å². The maximum Gasteiger partial charge on any atom is 0.231 e. The highest BCUT2D eigenvalue weighted by molar-refractivity contribution is 5.43. The predicted octanol–water partition coefficient (Wildman–Crippen LogP) is 2.62. The number of aryl methyl sites for hydroxylation is 2. The average Bonchev–Trinajstić information content (AvgIpc) is 3.19. The Balaban J connectivity index is 1.86. The third kappa shape index (κ3) is 2.26. The highest BCUT2D eigenvalue weighted by Gasteiger charge is 2.23. The molecule has 1 fully saturated rings. The Morgan fingerprint density at radius 1 is 1.35 bits per heavy atom. The molecule has 0 aromatic carbocycles. The van der Waals surface area contributed by atoms with Crippen LogP contribution in [0.2, 0.25) is 0 Å². The van der Waals surface area contributed by atoms with Crippen molar-refractivity contribution in [1.82, 2.24) is 4.98 Å². The maximum absolute atomic E-state index is 9.13. The molecule has 17 heavy (non-hydrogen) atoms. The summed E-state index contributed by atoms with van der Waals surface area (Å²) >= 11 is 0. The zero-order valence-electron chi connectivity index (χ0n) is 9.91. The predicted molar refractivity (Wildman–Crippen MR) is 63.8 cm³/mol. The summed E-state index contributed by atoms with van der Waals surface area (Å²) in [7, 11) is 0. The minimum atomic E-state index is 0.556. The Morgan fingerprint density at radius 2 is 2.18 bits per heavy atom. The Morgan fingerprint density at radius 3 is 2.94 bits per heavy atom. The molecule has 2 aliphatic carbocycles. The first-order chi connectivity index (χ1) is 8.36. The highest BCUT2D eigenvalue weighted by Crippen LogP contribution is 2.31. The standard InChI is InChI=1S/C14H16N2O/c15-8-12-7-11-3-1-2-4-13(11)16-14(12)17-9-10-5-6-10/h7,10H,1-6,9H2. The number of hydrogen-bond donors (Lipinski definition) is 0. The van der Waals surface area contributed by atoms with Gasteiger partial charge in [-0.05, 0) is 56.1 Å². The summed E-state index contributed by atoms with van der Waals surface area (Å²) in [6, 6.07) is 4.18. The van der Waals surface area contributed by atoms with Crippen molar-refractivity contribution in [1.29, 1.82) is 5.26 Å². The molecule has 1 saturated carbocycles. The van der Waals surface area contributed by atoms with Crippen LogP contribution in [0.3, 0.4) is 0 Å². The molecule has 0 spiro atoms. The number of rotatable bonds is 3. The van der Waals surface area contributed by atoms with Crippen molar-refractivity contribution < 1.29 is 4.74 Å². The van der Waals surface area contributed by atoms with Crippen molar-refractivity contribution in [3.8, 4) is 11.9 Å². The van der Waals surface area contributed by atoms with Crippen LogP contribution in [0.5, 0.6) is 5.88 Å². The van der Waals surface area contributed by atoms with Crippen LogP contribution in [0.4, 0.5) is 0 Å². The van der Waals surface area contributed by atoms with Crippen molar-refractivity contribution in [3.63, 3.8) is 0 Å². The topological polar surface area (TPSA) is 45.9 Å². The third-order valence-corrected chi connectivity index (χ3v) is 3.54. The monoisotopic (exact) mass is 228 g/mol. The van der Waals surface area contributed by atoms with E-state index >= 15 is 0 Å². The van der Waals surface area contributed by atoms with Gasteiger partial charge in [-0.15, -0.1) is 0 Å². The van der Waals surface area contributed by atoms with Crippen LogP contribution in [0, 0.1) is 17.2 Å². The summed E-state index contributed by atoms with van der Waals surface area (Å²) in [6.45, 7) is 0.723. The Bertz CT molecular complexity index is 472. The number of ether oxygens (including phenoxy) is 1. The number of nitrogens with zero attached hydrogens (tertiary/aromatic N) is 2. The quantitative estimate of drug-likeness (QED) is 0.798. The summed E-state index contributed by atoms with van der Waals surface area (Å²) in [5.74, 6) is 1.25. The van der Waals surface area contributed by atoms with Gasteiger partial charge < -0.3 is 4.74 Å². The largest absolute Gasteiger partial charge is 0.476 e. The fraction of sp³-hybridized carbons (Fsp3) is 0.571. The minimum absolute atomic E-state index is 0.556. The van der Waals surface area contributed by atoms with Gasteiger partial charge in [-0.1, -0.05) is 0 Å². The molecule has 0 atom stereocenters. The van der Waals surface area contributed by atoms with E-state index < -0.39 is 0 Å². The van der Waals surface area contributed by atoms with Crippen LogP contribution in [-0.2, 0) is 12.8 Å². The summed E-state index contributed by atoms with van der Waals surface area (Å²) in [4.78, 5) is 4.54. The van der Waals surface area contributed by atoms with Gasteiger partial charge in [-0.25, -0.2) is 4.98 Å². The van der Waals surface area contributed by atoms with E-state index in [0.29, 0.717) is 17.4 Å². The van der Waals surface area contributed by atoms with Crippen molar-refractivity contribution in [3.05, 3.63) is 22.9 Å². The van der Waals surface area contributed by atoms with Crippen LogP contribution < -0.4 is 4.74 Å². The third-order valence-electron chi connectivity index (χ3n) is 3.54. The second-order valence-corrected chi connectivity index (χ2v) is 5.02. The Hall–Kier alpha value is -1.56. The second kappa shape index (κ2) is 4.37. The van der Waals surface area contributed by atoms with E-state index in [1.54, 1.807) is 0 Å². The minimum Gasteiger partial charge on any atom is -0.476 e. The number of nitriles is 1. The SMILES string of the molecule is N#Cc1cc2c(nc1OCC1CC1)CCCC2. The van der Waals surface area contributed by atoms with Gasteiger partial charge in [-0.3, -0.25) is 0 Å². The molecule has 0 amide bonds. The van der Waals surface area contributed by atoms with E-state index in [1.807, 2.05) is 6.07 Å². The number of fused-ring (bicyclic) bond motifs is 1. The first-order valence-corrected chi connectivity index (χ1v) is 6.42. The van der Waals surface area contributed by atoms with Gasteiger partial charge in [-0.2, -0.15) is 5.26 Å². The van der Waals surface area contributed by atoms with E-state index in [9.17, 15) is 0 Å². The molecule has 0 radical (unpaired) electrons. The van der Waals surface area contributed by atoms with Crippen molar-refractivity contribution in [2.75, 3.05) is 6.61 Å². The molecule has 3 heteroatoms. The molecule has 1 aromatic rings. The second-order valence-electron chi connectivity index (χ2n) is 5.02. The molecule has 1 aromatic heterocycles. The summed E-state index contributed by atoms with van der Waals surface area (Å²) in [6.07, 6.45) is 7.01. The molecule has 3 nitrogen and oxygen atoms in total. The van der Waals surface area contributed by atoms with Crippen molar-refractivity contribution >= 4 is 0 Å². The first-order valence-electron chi connectivity index (χ1n) is 6.42. The molecule has 0 bridgehead atoms. The molecule has 1 heterocycles. The van der Waals surface area contributed by atoms with E-state index in [0.717, 1.165) is 25.1 Å². The number of pyridine rings is 1. The molecule has 88 valence electrons. The Kier molecular flexibility index (Phi) is 2.72. The lowest BCUT2D eigenvalue weighted by atomic mass is 9.95. The zero-order valence-corrected chi connectivity index (χ0v) is 9.91. The van der Waals surface area contributed by atoms with Gasteiger partial charge in [0.1, 0.15) is 11.6 Å². The van der Waals surface area contributed by atoms with Crippen molar-refractivity contribution in [2.24, 2.45) is 5.92 Å². The molecular formula is C14H16N2O. The van der Waals surface area contributed by atoms with Gasteiger partial charge in [0.2, 0.25) is 5.88 Å². The maximum atomic E-state index is 9.13. The molecule has 0 N–H and O–H groups in total. The van der Waals surface area contributed by atoms with Gasteiger partial charge in [0, 0.05) is 5.69 Å². The molecule has 3 rings (SSSR count). The summed E-state index contributed by atoms with van der Waals surface area (Å²) in [5, 5.41) is 9.13. The van der Waals surface area contributed by atoms with Crippen LogP contribution in [0.15, 0.2) is 6.07 Å². The van der Waals surface area contributed by atoms with Crippen LogP contribution in [0.25, 0.3) is 0 Å². The lowest BCUT2D eigenvalue weighted by Gasteiger charge is -2.16. The molecule has 2 aliphatic rings. The van der Waals surface area contributed by atoms with Crippen molar-refractivity contribution in [2.45, 2.75) is 38.5 Å². The highest BCUT2D eigenvalue weighted by atomic mass is 16.5. The van der Waals surface area contributed by atoms with E-state index in [1.165, 1.54) is 31.2 Å². The van der Waals surface area contributed by atoms with Crippen LogP contribution >= 0.6 is 0 Å². The zero-order chi connectivity index (χ0) is 11.7. The fourth-order valence-electron chi connectivity index (χ4n) is 2.29. The van der Waals surface area contributed by atoms with Gasteiger partial charge in [0.05, 0.1) is 6.61 Å².